The van der Waals surface area contributed by atoms with Crippen LogP contribution < -0.4 is 4.74 Å². The molecule has 0 aliphatic carbocycles. The molecule has 102 valence electrons. The molecule has 0 spiro atoms. The molecule has 0 atom stereocenters. The highest BCUT2D eigenvalue weighted by Crippen LogP contribution is 2.15. The number of nitrogens with zero attached hydrogens (tertiary/aromatic N) is 1. The number of methoxy groups -OCH3 is 1. The van der Waals surface area contributed by atoms with Crippen molar-refractivity contribution in [2.24, 2.45) is 0 Å². The van der Waals surface area contributed by atoms with Crippen LogP contribution in [0, 0.1) is 0 Å². The van der Waals surface area contributed by atoms with Gasteiger partial charge in [0.05, 0.1) is 7.11 Å². The van der Waals surface area contributed by atoms with Crippen LogP contribution in [0.15, 0.2) is 24.3 Å². The van der Waals surface area contributed by atoms with E-state index in [1.807, 2.05) is 6.07 Å². The van der Waals surface area contributed by atoms with Crippen molar-refractivity contribution in [1.82, 2.24) is 4.90 Å². The first-order chi connectivity index (χ1) is 8.80. The van der Waals surface area contributed by atoms with Gasteiger partial charge in [-0.05, 0) is 43.6 Å². The highest BCUT2D eigenvalue weighted by molar-refractivity contribution is 5.28. The lowest BCUT2D eigenvalue weighted by Crippen LogP contribution is -2.25. The maximum absolute atomic E-state index is 5.28. The SMILES string of the molecule is CCCCCN(CCC)Cc1cccc(OC)c1. The Morgan fingerprint density at radius 3 is 2.56 bits per heavy atom. The monoisotopic (exact) mass is 249 g/mol. The van der Waals surface area contributed by atoms with Gasteiger partial charge in [-0.3, -0.25) is 4.90 Å². The average molecular weight is 249 g/mol. The van der Waals surface area contributed by atoms with Gasteiger partial charge in [-0.2, -0.15) is 0 Å². The molecule has 2 nitrogen and oxygen atoms in total. The Bertz CT molecular complexity index is 325. The summed E-state index contributed by atoms with van der Waals surface area (Å²) in [5.74, 6) is 0.956. The Hall–Kier alpha value is -1.02. The first-order valence-electron chi connectivity index (χ1n) is 7.15. The summed E-state index contributed by atoms with van der Waals surface area (Å²) in [5.41, 5.74) is 1.35. The van der Waals surface area contributed by atoms with E-state index in [0.717, 1.165) is 12.3 Å². The highest BCUT2D eigenvalue weighted by Gasteiger charge is 2.05. The van der Waals surface area contributed by atoms with E-state index in [4.69, 9.17) is 4.74 Å². The van der Waals surface area contributed by atoms with Crippen LogP contribution in [0.25, 0.3) is 0 Å². The lowest BCUT2D eigenvalue weighted by atomic mass is 10.1. The largest absolute Gasteiger partial charge is 0.497 e. The fraction of sp³-hybridized carbons (Fsp3) is 0.625. The molecule has 18 heavy (non-hydrogen) atoms. The van der Waals surface area contributed by atoms with Crippen molar-refractivity contribution in [3.05, 3.63) is 29.8 Å². The van der Waals surface area contributed by atoms with Gasteiger partial charge in [0.2, 0.25) is 0 Å². The zero-order chi connectivity index (χ0) is 13.2. The zero-order valence-electron chi connectivity index (χ0n) is 12.1. The molecule has 0 aliphatic rings. The Morgan fingerprint density at radius 2 is 1.89 bits per heavy atom. The summed E-state index contributed by atoms with van der Waals surface area (Å²) in [4.78, 5) is 2.55. The predicted octanol–water partition coefficient (Wildman–Crippen LogP) is 4.10. The van der Waals surface area contributed by atoms with Crippen molar-refractivity contribution in [3.63, 3.8) is 0 Å². The van der Waals surface area contributed by atoms with E-state index >= 15 is 0 Å². The summed E-state index contributed by atoms with van der Waals surface area (Å²) in [6.07, 6.45) is 5.15. The fourth-order valence-corrected chi connectivity index (χ4v) is 2.20. The molecular formula is C16H27NO. The third-order valence-electron chi connectivity index (χ3n) is 3.16. The molecule has 1 aromatic rings. The summed E-state index contributed by atoms with van der Waals surface area (Å²) in [6, 6.07) is 8.41. The number of benzene rings is 1. The topological polar surface area (TPSA) is 12.5 Å². The van der Waals surface area contributed by atoms with Gasteiger partial charge in [-0.15, -0.1) is 0 Å². The number of ether oxygens (including phenoxy) is 1. The maximum Gasteiger partial charge on any atom is 0.119 e. The van der Waals surface area contributed by atoms with E-state index < -0.39 is 0 Å². The van der Waals surface area contributed by atoms with Gasteiger partial charge >= 0.3 is 0 Å². The molecule has 0 saturated carbocycles. The summed E-state index contributed by atoms with van der Waals surface area (Å²) < 4.78 is 5.28. The van der Waals surface area contributed by atoms with Crippen molar-refractivity contribution in [2.75, 3.05) is 20.2 Å². The summed E-state index contributed by atoms with van der Waals surface area (Å²) in [7, 11) is 1.73. The second-order valence-electron chi connectivity index (χ2n) is 4.83. The van der Waals surface area contributed by atoms with Gasteiger partial charge in [-0.25, -0.2) is 0 Å². The van der Waals surface area contributed by atoms with Gasteiger partial charge in [0.1, 0.15) is 5.75 Å². The summed E-state index contributed by atoms with van der Waals surface area (Å²) in [5, 5.41) is 0. The molecule has 2 heteroatoms. The third-order valence-corrected chi connectivity index (χ3v) is 3.16. The van der Waals surface area contributed by atoms with Crippen LogP contribution in [-0.4, -0.2) is 25.1 Å². The molecule has 1 aromatic carbocycles. The van der Waals surface area contributed by atoms with Crippen LogP contribution in [0.5, 0.6) is 5.75 Å². The van der Waals surface area contributed by atoms with Crippen molar-refractivity contribution < 1.29 is 4.74 Å². The molecule has 0 unspecified atom stereocenters. The Balaban J connectivity index is 2.52. The van der Waals surface area contributed by atoms with E-state index in [9.17, 15) is 0 Å². The van der Waals surface area contributed by atoms with E-state index in [1.54, 1.807) is 7.11 Å². The molecule has 0 amide bonds. The molecule has 0 aliphatic heterocycles. The molecule has 0 N–H and O–H groups in total. The first-order valence-corrected chi connectivity index (χ1v) is 7.15. The Morgan fingerprint density at radius 1 is 1.06 bits per heavy atom. The van der Waals surface area contributed by atoms with Crippen molar-refractivity contribution in [3.8, 4) is 5.75 Å². The number of hydrogen-bond donors (Lipinski definition) is 0. The average Bonchev–Trinajstić information content (AvgIpc) is 2.39. The number of rotatable bonds is 9. The minimum Gasteiger partial charge on any atom is -0.497 e. The highest BCUT2D eigenvalue weighted by atomic mass is 16.5. The second kappa shape index (κ2) is 8.98. The molecule has 1 rings (SSSR count). The molecule has 0 bridgehead atoms. The molecule has 0 radical (unpaired) electrons. The third kappa shape index (κ3) is 5.54. The standard InChI is InChI=1S/C16H27NO/c1-4-6-7-12-17(11-5-2)14-15-9-8-10-16(13-15)18-3/h8-10,13H,4-7,11-12,14H2,1-3H3. The number of hydrogen-bond acceptors (Lipinski definition) is 2. The molecule has 0 fully saturated rings. The van der Waals surface area contributed by atoms with Crippen molar-refractivity contribution >= 4 is 0 Å². The van der Waals surface area contributed by atoms with Gasteiger partial charge < -0.3 is 4.74 Å². The van der Waals surface area contributed by atoms with E-state index in [0.29, 0.717) is 0 Å². The normalized spacial score (nSPS) is 10.9. The van der Waals surface area contributed by atoms with Crippen LogP contribution in [0.4, 0.5) is 0 Å². The molecule has 0 saturated heterocycles. The Labute approximate surface area is 112 Å². The van der Waals surface area contributed by atoms with Crippen LogP contribution in [-0.2, 0) is 6.54 Å². The van der Waals surface area contributed by atoms with Crippen LogP contribution >= 0.6 is 0 Å². The summed E-state index contributed by atoms with van der Waals surface area (Å²) in [6.45, 7) is 7.93. The fourth-order valence-electron chi connectivity index (χ4n) is 2.20. The van der Waals surface area contributed by atoms with Crippen LogP contribution in [0.1, 0.15) is 45.1 Å². The summed E-state index contributed by atoms with van der Waals surface area (Å²) >= 11 is 0. The minimum absolute atomic E-state index is 0.956. The van der Waals surface area contributed by atoms with Crippen molar-refractivity contribution in [2.45, 2.75) is 46.1 Å². The minimum atomic E-state index is 0.956. The second-order valence-corrected chi connectivity index (χ2v) is 4.83. The lowest BCUT2D eigenvalue weighted by Gasteiger charge is -2.21. The maximum atomic E-state index is 5.28. The van der Waals surface area contributed by atoms with Gasteiger partial charge in [0.25, 0.3) is 0 Å². The van der Waals surface area contributed by atoms with Gasteiger partial charge in [0, 0.05) is 6.54 Å². The smallest absolute Gasteiger partial charge is 0.119 e. The lowest BCUT2D eigenvalue weighted by molar-refractivity contribution is 0.259. The molecule has 0 heterocycles. The first kappa shape index (κ1) is 15.0. The molecule has 0 aromatic heterocycles. The number of unbranched alkanes of at least 4 members (excludes halogenated alkanes) is 2. The quantitative estimate of drug-likeness (QED) is 0.611. The predicted molar refractivity (Wildman–Crippen MR) is 78.1 cm³/mol. The van der Waals surface area contributed by atoms with E-state index in [1.165, 1.54) is 44.3 Å². The van der Waals surface area contributed by atoms with E-state index in [-0.39, 0.29) is 0 Å². The Kier molecular flexibility index (Phi) is 7.51. The van der Waals surface area contributed by atoms with Crippen LogP contribution in [0.2, 0.25) is 0 Å². The van der Waals surface area contributed by atoms with E-state index in [2.05, 4.69) is 36.9 Å². The van der Waals surface area contributed by atoms with Crippen LogP contribution in [0.3, 0.4) is 0 Å². The van der Waals surface area contributed by atoms with Crippen molar-refractivity contribution in [1.29, 1.82) is 0 Å². The molecular weight excluding hydrogens is 222 g/mol. The zero-order valence-corrected chi connectivity index (χ0v) is 12.1. The van der Waals surface area contributed by atoms with Gasteiger partial charge in [0.15, 0.2) is 0 Å². The van der Waals surface area contributed by atoms with Gasteiger partial charge in [-0.1, -0.05) is 38.8 Å².